The highest BCUT2D eigenvalue weighted by atomic mass is 16.5. The summed E-state index contributed by atoms with van der Waals surface area (Å²) in [6, 6.07) is 0. The molecule has 0 aromatic rings. The van der Waals surface area contributed by atoms with E-state index in [1.807, 2.05) is 0 Å². The first-order valence-electron chi connectivity index (χ1n) is 7.07. The van der Waals surface area contributed by atoms with Crippen LogP contribution in [-0.2, 0) is 4.74 Å². The summed E-state index contributed by atoms with van der Waals surface area (Å²) in [7, 11) is 0. The Morgan fingerprint density at radius 3 is 2.44 bits per heavy atom. The highest BCUT2D eigenvalue weighted by Crippen LogP contribution is 2.33. The van der Waals surface area contributed by atoms with Gasteiger partial charge in [-0.15, -0.1) is 6.58 Å². The SMILES string of the molecule is C=CC(CCC)C(OCC)C1CCCCC1. The summed E-state index contributed by atoms with van der Waals surface area (Å²) in [5.74, 6) is 1.34. The number of hydrogen-bond donors (Lipinski definition) is 0. The fraction of sp³-hybridized carbons (Fsp3) is 0.867. The van der Waals surface area contributed by atoms with Crippen LogP contribution in [0.2, 0.25) is 0 Å². The Balaban J connectivity index is 2.58. The van der Waals surface area contributed by atoms with Crippen molar-refractivity contribution in [1.82, 2.24) is 0 Å². The quantitative estimate of drug-likeness (QED) is 0.575. The molecule has 1 rings (SSSR count). The molecular formula is C15H28O. The molecule has 1 nitrogen and oxygen atoms in total. The Bertz CT molecular complexity index is 182. The highest BCUT2D eigenvalue weighted by Gasteiger charge is 2.28. The van der Waals surface area contributed by atoms with Gasteiger partial charge in [-0.2, -0.15) is 0 Å². The molecule has 0 radical (unpaired) electrons. The van der Waals surface area contributed by atoms with Crippen LogP contribution in [0.25, 0.3) is 0 Å². The van der Waals surface area contributed by atoms with Gasteiger partial charge in [0.05, 0.1) is 6.10 Å². The summed E-state index contributed by atoms with van der Waals surface area (Å²) in [4.78, 5) is 0. The lowest BCUT2D eigenvalue weighted by Crippen LogP contribution is -2.32. The van der Waals surface area contributed by atoms with Crippen molar-refractivity contribution in [3.05, 3.63) is 12.7 Å². The standard InChI is InChI=1S/C15H28O/c1-4-10-13(5-2)15(16-6-3)14-11-8-7-9-12-14/h5,13-15H,2,4,6-12H2,1,3H3. The fourth-order valence-electron chi connectivity index (χ4n) is 3.01. The van der Waals surface area contributed by atoms with Crippen molar-refractivity contribution in [2.45, 2.75) is 64.9 Å². The van der Waals surface area contributed by atoms with Gasteiger partial charge in [-0.25, -0.2) is 0 Å². The molecule has 16 heavy (non-hydrogen) atoms. The van der Waals surface area contributed by atoms with Crippen molar-refractivity contribution in [2.24, 2.45) is 11.8 Å². The zero-order valence-electron chi connectivity index (χ0n) is 11.1. The van der Waals surface area contributed by atoms with Crippen molar-refractivity contribution >= 4 is 0 Å². The molecular weight excluding hydrogens is 196 g/mol. The second-order valence-corrected chi connectivity index (χ2v) is 5.01. The lowest BCUT2D eigenvalue weighted by molar-refractivity contribution is -0.0212. The van der Waals surface area contributed by atoms with Gasteiger partial charge >= 0.3 is 0 Å². The summed E-state index contributed by atoms with van der Waals surface area (Å²) in [5, 5.41) is 0. The molecule has 1 saturated carbocycles. The Morgan fingerprint density at radius 1 is 1.25 bits per heavy atom. The molecule has 0 N–H and O–H groups in total. The van der Waals surface area contributed by atoms with E-state index in [0.29, 0.717) is 12.0 Å². The zero-order valence-corrected chi connectivity index (χ0v) is 11.1. The van der Waals surface area contributed by atoms with E-state index in [1.165, 1.54) is 44.9 Å². The van der Waals surface area contributed by atoms with Crippen LogP contribution in [0.1, 0.15) is 58.8 Å². The van der Waals surface area contributed by atoms with Crippen LogP contribution in [0.15, 0.2) is 12.7 Å². The van der Waals surface area contributed by atoms with Crippen LogP contribution in [-0.4, -0.2) is 12.7 Å². The molecule has 0 aromatic heterocycles. The van der Waals surface area contributed by atoms with Crippen LogP contribution in [0.5, 0.6) is 0 Å². The van der Waals surface area contributed by atoms with Gasteiger partial charge in [0.15, 0.2) is 0 Å². The smallest absolute Gasteiger partial charge is 0.0665 e. The lowest BCUT2D eigenvalue weighted by Gasteiger charge is -2.34. The van der Waals surface area contributed by atoms with Crippen molar-refractivity contribution in [1.29, 1.82) is 0 Å². The van der Waals surface area contributed by atoms with E-state index in [9.17, 15) is 0 Å². The third kappa shape index (κ3) is 3.93. The van der Waals surface area contributed by atoms with Crippen LogP contribution < -0.4 is 0 Å². The predicted molar refractivity (Wildman–Crippen MR) is 70.6 cm³/mol. The first-order chi connectivity index (χ1) is 7.83. The van der Waals surface area contributed by atoms with Gasteiger partial charge in [-0.05, 0) is 32.1 Å². The molecule has 1 aliphatic rings. The molecule has 0 saturated heterocycles. The normalized spacial score (nSPS) is 21.6. The van der Waals surface area contributed by atoms with E-state index in [-0.39, 0.29) is 0 Å². The maximum absolute atomic E-state index is 6.02. The molecule has 2 atom stereocenters. The average Bonchev–Trinajstić information content (AvgIpc) is 2.35. The third-order valence-electron chi connectivity index (χ3n) is 3.82. The van der Waals surface area contributed by atoms with E-state index in [1.54, 1.807) is 0 Å². The predicted octanol–water partition coefficient (Wildman–Crippen LogP) is 4.57. The minimum atomic E-state index is 0.433. The second-order valence-electron chi connectivity index (χ2n) is 5.01. The molecule has 0 amide bonds. The average molecular weight is 224 g/mol. The number of hydrogen-bond acceptors (Lipinski definition) is 1. The van der Waals surface area contributed by atoms with Crippen molar-refractivity contribution in [3.8, 4) is 0 Å². The first kappa shape index (κ1) is 13.8. The Kier molecular flexibility index (Phi) is 6.79. The topological polar surface area (TPSA) is 9.23 Å². The molecule has 2 unspecified atom stereocenters. The molecule has 0 aromatic carbocycles. The number of ether oxygens (including phenoxy) is 1. The monoisotopic (exact) mass is 224 g/mol. The molecule has 0 bridgehead atoms. The molecule has 94 valence electrons. The molecule has 0 aliphatic heterocycles. The van der Waals surface area contributed by atoms with Gasteiger partial charge in [0.25, 0.3) is 0 Å². The van der Waals surface area contributed by atoms with Crippen LogP contribution >= 0.6 is 0 Å². The van der Waals surface area contributed by atoms with E-state index in [2.05, 4.69) is 26.5 Å². The maximum atomic E-state index is 6.02. The Hall–Kier alpha value is -0.300. The largest absolute Gasteiger partial charge is 0.378 e. The summed E-state index contributed by atoms with van der Waals surface area (Å²) < 4.78 is 6.02. The van der Waals surface area contributed by atoms with Crippen LogP contribution in [0.3, 0.4) is 0 Å². The van der Waals surface area contributed by atoms with Gasteiger partial charge in [-0.1, -0.05) is 38.7 Å². The van der Waals surface area contributed by atoms with E-state index in [0.717, 1.165) is 12.5 Å². The minimum Gasteiger partial charge on any atom is -0.378 e. The van der Waals surface area contributed by atoms with E-state index in [4.69, 9.17) is 4.74 Å². The molecule has 1 aliphatic carbocycles. The van der Waals surface area contributed by atoms with Crippen LogP contribution in [0, 0.1) is 11.8 Å². The maximum Gasteiger partial charge on any atom is 0.0665 e. The lowest BCUT2D eigenvalue weighted by atomic mass is 9.79. The van der Waals surface area contributed by atoms with E-state index < -0.39 is 0 Å². The third-order valence-corrected chi connectivity index (χ3v) is 3.82. The number of rotatable bonds is 7. The second kappa shape index (κ2) is 7.89. The van der Waals surface area contributed by atoms with Gasteiger partial charge in [0, 0.05) is 12.5 Å². The Morgan fingerprint density at radius 2 is 1.94 bits per heavy atom. The van der Waals surface area contributed by atoms with Crippen molar-refractivity contribution in [2.75, 3.05) is 6.61 Å². The summed E-state index contributed by atoms with van der Waals surface area (Å²) in [5.41, 5.74) is 0. The van der Waals surface area contributed by atoms with Gasteiger partial charge in [-0.3, -0.25) is 0 Å². The van der Waals surface area contributed by atoms with Crippen molar-refractivity contribution in [3.63, 3.8) is 0 Å². The van der Waals surface area contributed by atoms with Gasteiger partial charge in [0.2, 0.25) is 0 Å². The molecule has 0 heterocycles. The van der Waals surface area contributed by atoms with E-state index >= 15 is 0 Å². The zero-order chi connectivity index (χ0) is 11.8. The Labute approximate surface area is 101 Å². The fourth-order valence-corrected chi connectivity index (χ4v) is 3.01. The van der Waals surface area contributed by atoms with Crippen molar-refractivity contribution < 1.29 is 4.74 Å². The molecule has 1 fully saturated rings. The summed E-state index contributed by atoms with van der Waals surface area (Å²) in [6.07, 6.45) is 11.9. The van der Waals surface area contributed by atoms with Gasteiger partial charge in [0.1, 0.15) is 0 Å². The molecule has 1 heteroatoms. The first-order valence-corrected chi connectivity index (χ1v) is 7.07. The highest BCUT2D eigenvalue weighted by molar-refractivity contribution is 4.89. The molecule has 0 spiro atoms. The minimum absolute atomic E-state index is 0.433. The summed E-state index contributed by atoms with van der Waals surface area (Å²) in [6.45, 7) is 9.20. The van der Waals surface area contributed by atoms with Crippen LogP contribution in [0.4, 0.5) is 0 Å². The summed E-state index contributed by atoms with van der Waals surface area (Å²) >= 11 is 0. The van der Waals surface area contributed by atoms with Gasteiger partial charge < -0.3 is 4.74 Å².